The van der Waals surface area contributed by atoms with Crippen LogP contribution in [0.3, 0.4) is 0 Å². The molecule has 2 aromatic carbocycles. The topological polar surface area (TPSA) is 113 Å². The van der Waals surface area contributed by atoms with Crippen molar-refractivity contribution >= 4 is 26.8 Å². The molecule has 1 aromatic heterocycles. The Morgan fingerprint density at radius 1 is 1.12 bits per heavy atom. The van der Waals surface area contributed by atoms with E-state index >= 15 is 0 Å². The maximum Gasteiger partial charge on any atom is 0.238 e. The summed E-state index contributed by atoms with van der Waals surface area (Å²) in [6.45, 7) is 1.94. The number of aromatic nitrogens is 1. The molecule has 0 aliphatic carbocycles. The Morgan fingerprint density at radius 3 is 2.42 bits per heavy atom. The molecule has 1 heterocycles. The van der Waals surface area contributed by atoms with Crippen molar-refractivity contribution in [3.8, 4) is 0 Å². The van der Waals surface area contributed by atoms with Crippen molar-refractivity contribution < 1.29 is 22.7 Å². The highest BCUT2D eigenvalue weighted by Crippen LogP contribution is 2.24. The van der Waals surface area contributed by atoms with E-state index in [0.29, 0.717) is 29.5 Å². The highest BCUT2D eigenvalue weighted by atomic mass is 32.2. The zero-order valence-electron chi connectivity index (χ0n) is 19.1. The summed E-state index contributed by atoms with van der Waals surface area (Å²) in [5, 5.41) is 13.7. The Labute approximate surface area is 194 Å². The summed E-state index contributed by atoms with van der Waals surface area (Å²) in [7, 11) is -0.235. The number of likely N-dealkylation sites (N-methyl/N-ethyl adjacent to an activating group) is 1. The smallest absolute Gasteiger partial charge is 0.238 e. The van der Waals surface area contributed by atoms with Gasteiger partial charge in [0, 0.05) is 0 Å². The maximum absolute atomic E-state index is 13.1. The molecule has 0 spiro atoms. The molecule has 9 heteroatoms. The minimum absolute atomic E-state index is 0.119. The lowest BCUT2D eigenvalue weighted by molar-refractivity contribution is -0.126. The van der Waals surface area contributed by atoms with E-state index < -0.39 is 33.9 Å². The van der Waals surface area contributed by atoms with Crippen LogP contribution in [-0.4, -0.2) is 61.2 Å². The van der Waals surface area contributed by atoms with E-state index in [1.165, 1.54) is 0 Å². The second-order valence-corrected chi connectivity index (χ2v) is 10.5. The van der Waals surface area contributed by atoms with Crippen LogP contribution in [0.2, 0.25) is 0 Å². The lowest BCUT2D eigenvalue weighted by atomic mass is 10.0. The Hall–Kier alpha value is -2.75. The SMILES string of the molecule is CCC[C@H](NC(=O)C(CS(=O)(=O)Cc1ccccc1)N(C)C)C(O)c1nc2ccccc2o1. The van der Waals surface area contributed by atoms with Crippen LogP contribution in [-0.2, 0) is 20.4 Å². The average Bonchev–Trinajstić information content (AvgIpc) is 3.21. The van der Waals surface area contributed by atoms with Crippen molar-refractivity contribution in [3.05, 3.63) is 66.1 Å². The highest BCUT2D eigenvalue weighted by molar-refractivity contribution is 7.90. The number of benzene rings is 2. The summed E-state index contributed by atoms with van der Waals surface area (Å²) in [6, 6.07) is 14.5. The number of nitrogens with zero attached hydrogens (tertiary/aromatic N) is 2. The van der Waals surface area contributed by atoms with Crippen molar-refractivity contribution in [1.82, 2.24) is 15.2 Å². The number of fused-ring (bicyclic) bond motifs is 1. The van der Waals surface area contributed by atoms with Crippen molar-refractivity contribution in [1.29, 1.82) is 0 Å². The number of hydrogen-bond donors (Lipinski definition) is 2. The van der Waals surface area contributed by atoms with Gasteiger partial charge < -0.3 is 14.8 Å². The van der Waals surface area contributed by atoms with Crippen LogP contribution in [0.15, 0.2) is 59.0 Å². The number of carbonyl (C=O) groups is 1. The van der Waals surface area contributed by atoms with Gasteiger partial charge in [-0.3, -0.25) is 9.69 Å². The van der Waals surface area contributed by atoms with Crippen LogP contribution in [0.1, 0.15) is 37.3 Å². The predicted molar refractivity (Wildman–Crippen MR) is 127 cm³/mol. The van der Waals surface area contributed by atoms with E-state index in [9.17, 15) is 18.3 Å². The van der Waals surface area contributed by atoms with Crippen molar-refractivity contribution in [2.24, 2.45) is 0 Å². The molecule has 0 bridgehead atoms. The molecule has 1 amide bonds. The predicted octanol–water partition coefficient (Wildman–Crippen LogP) is 2.69. The molecule has 0 aliphatic rings. The number of rotatable bonds is 11. The number of oxazole rings is 1. The van der Waals surface area contributed by atoms with E-state index in [4.69, 9.17) is 4.42 Å². The molecular weight excluding hydrogens is 442 g/mol. The van der Waals surface area contributed by atoms with Crippen molar-refractivity contribution in [2.75, 3.05) is 19.8 Å². The maximum atomic E-state index is 13.1. The van der Waals surface area contributed by atoms with Crippen LogP contribution in [0.25, 0.3) is 11.1 Å². The third-order valence-corrected chi connectivity index (χ3v) is 7.04. The fourth-order valence-corrected chi connectivity index (χ4v) is 5.42. The number of sulfone groups is 1. The van der Waals surface area contributed by atoms with Gasteiger partial charge in [0.1, 0.15) is 11.6 Å². The summed E-state index contributed by atoms with van der Waals surface area (Å²) < 4.78 is 31.3. The first-order chi connectivity index (χ1) is 15.7. The molecule has 2 N–H and O–H groups in total. The van der Waals surface area contributed by atoms with Crippen LogP contribution in [0.5, 0.6) is 0 Å². The highest BCUT2D eigenvalue weighted by Gasteiger charge is 2.32. The summed E-state index contributed by atoms with van der Waals surface area (Å²) in [5.41, 5.74) is 1.84. The minimum Gasteiger partial charge on any atom is -0.438 e. The van der Waals surface area contributed by atoms with Gasteiger partial charge in [-0.15, -0.1) is 0 Å². The van der Waals surface area contributed by atoms with Crippen LogP contribution in [0, 0.1) is 0 Å². The van der Waals surface area contributed by atoms with Gasteiger partial charge in [-0.1, -0.05) is 55.8 Å². The average molecular weight is 474 g/mol. The van der Waals surface area contributed by atoms with E-state index in [1.807, 2.05) is 25.1 Å². The van der Waals surface area contributed by atoms with Gasteiger partial charge >= 0.3 is 0 Å². The Bertz CT molecular complexity index is 1130. The lowest BCUT2D eigenvalue weighted by Gasteiger charge is -2.28. The number of aliphatic hydroxyl groups excluding tert-OH is 1. The first kappa shape index (κ1) is 24.9. The standard InChI is InChI=1S/C24H31N3O5S/c1-4-10-19(22(28)24-26-18-13-8-9-14-21(18)32-24)25-23(29)20(27(2)3)16-33(30,31)15-17-11-6-5-7-12-17/h5-9,11-14,19-20,22,28H,4,10,15-16H2,1-3H3,(H,25,29)/t19-,20?,22?/m0/s1. The molecule has 0 saturated heterocycles. The zero-order chi connectivity index (χ0) is 24.0. The fraction of sp³-hybridized carbons (Fsp3) is 0.417. The number of amides is 1. The number of carbonyl (C=O) groups excluding carboxylic acids is 1. The van der Waals surface area contributed by atoms with Gasteiger partial charge in [0.15, 0.2) is 21.5 Å². The molecule has 3 atom stereocenters. The number of nitrogens with one attached hydrogen (secondary N) is 1. The van der Waals surface area contributed by atoms with E-state index in [-0.39, 0.29) is 17.4 Å². The quantitative estimate of drug-likeness (QED) is 0.440. The summed E-state index contributed by atoms with van der Waals surface area (Å²) in [6.07, 6.45) is 0.00835. The first-order valence-electron chi connectivity index (χ1n) is 10.9. The number of hydrogen-bond acceptors (Lipinski definition) is 7. The third kappa shape index (κ3) is 6.63. The molecule has 2 unspecified atom stereocenters. The second kappa shape index (κ2) is 10.9. The molecular formula is C24H31N3O5S. The molecule has 0 aliphatic heterocycles. The molecule has 0 fully saturated rings. The van der Waals surface area contributed by atoms with Crippen molar-refractivity contribution in [3.63, 3.8) is 0 Å². The number of aliphatic hydroxyl groups is 1. The van der Waals surface area contributed by atoms with Crippen molar-refractivity contribution in [2.45, 2.75) is 43.7 Å². The minimum atomic E-state index is -3.56. The molecule has 178 valence electrons. The Balaban J connectivity index is 1.74. The van der Waals surface area contributed by atoms with Gasteiger partial charge in [-0.25, -0.2) is 13.4 Å². The third-order valence-electron chi connectivity index (χ3n) is 5.44. The fourth-order valence-electron chi connectivity index (χ4n) is 3.67. The van der Waals surface area contributed by atoms with E-state index in [2.05, 4.69) is 10.3 Å². The van der Waals surface area contributed by atoms with Gasteiger partial charge in [0.05, 0.1) is 17.5 Å². The molecule has 33 heavy (non-hydrogen) atoms. The van der Waals surface area contributed by atoms with Gasteiger partial charge in [0.2, 0.25) is 11.8 Å². The van der Waals surface area contributed by atoms with Gasteiger partial charge in [-0.2, -0.15) is 0 Å². The van der Waals surface area contributed by atoms with Crippen LogP contribution < -0.4 is 5.32 Å². The summed E-state index contributed by atoms with van der Waals surface area (Å²) >= 11 is 0. The number of para-hydroxylation sites is 2. The Kier molecular flexibility index (Phi) is 8.23. The molecule has 0 saturated carbocycles. The van der Waals surface area contributed by atoms with Crippen LogP contribution in [0.4, 0.5) is 0 Å². The normalized spacial score (nSPS) is 14.8. The monoisotopic (exact) mass is 473 g/mol. The molecule has 0 radical (unpaired) electrons. The Morgan fingerprint density at radius 2 is 1.79 bits per heavy atom. The lowest BCUT2D eigenvalue weighted by Crippen LogP contribution is -2.51. The zero-order valence-corrected chi connectivity index (χ0v) is 20.0. The second-order valence-electron chi connectivity index (χ2n) is 8.39. The largest absolute Gasteiger partial charge is 0.438 e. The molecule has 8 nitrogen and oxygen atoms in total. The van der Waals surface area contributed by atoms with E-state index in [1.54, 1.807) is 55.4 Å². The summed E-state index contributed by atoms with van der Waals surface area (Å²) in [4.78, 5) is 19.0. The summed E-state index contributed by atoms with van der Waals surface area (Å²) in [5.74, 6) is -0.827. The molecule has 3 rings (SSSR count). The van der Waals surface area contributed by atoms with Crippen LogP contribution >= 0.6 is 0 Å². The first-order valence-corrected chi connectivity index (χ1v) is 12.8. The van der Waals surface area contributed by atoms with Gasteiger partial charge in [-0.05, 0) is 38.2 Å². The molecule has 3 aromatic rings. The van der Waals surface area contributed by atoms with E-state index in [0.717, 1.165) is 0 Å². The van der Waals surface area contributed by atoms with Gasteiger partial charge in [0.25, 0.3) is 0 Å².